The Bertz CT molecular complexity index is 947. The monoisotopic (exact) mass is 338 g/mol. The van der Waals surface area contributed by atoms with Gasteiger partial charge in [0.05, 0.1) is 12.2 Å². The molecule has 0 fully saturated rings. The van der Waals surface area contributed by atoms with Gasteiger partial charge in [0, 0.05) is 5.39 Å². The quantitative estimate of drug-likeness (QED) is 0.297. The summed E-state index contributed by atoms with van der Waals surface area (Å²) in [6.07, 6.45) is 0. The molecule has 0 bridgehead atoms. The van der Waals surface area contributed by atoms with E-state index in [9.17, 15) is 22.4 Å². The van der Waals surface area contributed by atoms with Crippen LogP contribution >= 0.6 is 0 Å². The van der Waals surface area contributed by atoms with Crippen LogP contribution in [0.2, 0.25) is 0 Å². The molecule has 2 aromatic carbocycles. The van der Waals surface area contributed by atoms with E-state index in [4.69, 9.17) is 9.15 Å². The highest BCUT2D eigenvalue weighted by molar-refractivity contribution is 6.08. The van der Waals surface area contributed by atoms with E-state index in [0.29, 0.717) is 6.07 Å². The van der Waals surface area contributed by atoms with Crippen molar-refractivity contribution in [3.63, 3.8) is 0 Å². The number of esters is 1. The van der Waals surface area contributed by atoms with Crippen molar-refractivity contribution in [2.75, 3.05) is 6.61 Å². The highest BCUT2D eigenvalue weighted by atomic mass is 19.2. The molecule has 1 aromatic heterocycles. The Kier molecular flexibility index (Phi) is 4.01. The maximum atomic E-state index is 14.1. The highest BCUT2D eigenvalue weighted by Gasteiger charge is 2.28. The first-order valence-corrected chi connectivity index (χ1v) is 6.97. The molecule has 3 aromatic rings. The van der Waals surface area contributed by atoms with Crippen molar-refractivity contribution < 1.29 is 31.5 Å². The first-order chi connectivity index (χ1) is 11.5. The zero-order valence-electron chi connectivity index (χ0n) is 12.3. The van der Waals surface area contributed by atoms with Crippen LogP contribution in [-0.4, -0.2) is 12.6 Å². The minimum absolute atomic E-state index is 0.0341. The van der Waals surface area contributed by atoms with Gasteiger partial charge in [-0.15, -0.1) is 0 Å². The van der Waals surface area contributed by atoms with Gasteiger partial charge in [0.1, 0.15) is 11.1 Å². The molecule has 3 nitrogen and oxygen atoms in total. The second kappa shape index (κ2) is 5.99. The maximum Gasteiger partial charge on any atom is 0.342 e. The summed E-state index contributed by atoms with van der Waals surface area (Å²) in [4.78, 5) is 12.2. The first-order valence-electron chi connectivity index (χ1n) is 6.97. The molecule has 0 aliphatic carbocycles. The fraction of sp³-hybridized carbons (Fsp3) is 0.118. The third-order valence-corrected chi connectivity index (χ3v) is 3.42. The molecule has 0 N–H and O–H groups in total. The van der Waals surface area contributed by atoms with Gasteiger partial charge in [-0.1, -0.05) is 18.2 Å². The Labute approximate surface area is 133 Å². The normalized spacial score (nSPS) is 11.0. The van der Waals surface area contributed by atoms with Crippen LogP contribution in [0.3, 0.4) is 0 Å². The van der Waals surface area contributed by atoms with E-state index in [1.165, 1.54) is 12.1 Å². The van der Waals surface area contributed by atoms with Crippen LogP contribution in [0, 0.1) is 23.3 Å². The van der Waals surface area contributed by atoms with Gasteiger partial charge in [0.25, 0.3) is 0 Å². The van der Waals surface area contributed by atoms with Crippen molar-refractivity contribution in [3.05, 3.63) is 59.2 Å². The molecule has 0 radical (unpaired) electrons. The summed E-state index contributed by atoms with van der Waals surface area (Å²) in [6.45, 7) is 1.60. The van der Waals surface area contributed by atoms with Gasteiger partial charge < -0.3 is 9.15 Å². The molecule has 124 valence electrons. The lowest BCUT2D eigenvalue weighted by Crippen LogP contribution is -2.06. The van der Waals surface area contributed by atoms with Crippen molar-refractivity contribution in [2.45, 2.75) is 6.92 Å². The van der Waals surface area contributed by atoms with Gasteiger partial charge in [0.2, 0.25) is 0 Å². The van der Waals surface area contributed by atoms with Crippen molar-refractivity contribution in [3.8, 4) is 11.3 Å². The third-order valence-electron chi connectivity index (χ3n) is 3.42. The number of carbonyl (C=O) groups excluding carboxylic acids is 1. The van der Waals surface area contributed by atoms with Gasteiger partial charge in [0.15, 0.2) is 29.0 Å². The van der Waals surface area contributed by atoms with Crippen molar-refractivity contribution in [1.82, 2.24) is 0 Å². The molecule has 0 amide bonds. The number of rotatable bonds is 3. The number of fused-ring (bicyclic) bond motifs is 1. The zero-order chi connectivity index (χ0) is 17.4. The summed E-state index contributed by atoms with van der Waals surface area (Å²) in [5.41, 5.74) is -0.692. The molecule has 0 saturated heterocycles. The van der Waals surface area contributed by atoms with E-state index < -0.39 is 40.6 Å². The summed E-state index contributed by atoms with van der Waals surface area (Å²) in [5, 5.41) is 0.287. The van der Waals surface area contributed by atoms with Crippen LogP contribution in [0.4, 0.5) is 17.6 Å². The molecule has 0 unspecified atom stereocenters. The summed E-state index contributed by atoms with van der Waals surface area (Å²) in [7, 11) is 0. The number of furan rings is 1. The number of halogens is 4. The predicted octanol–water partition coefficient (Wildman–Crippen LogP) is 4.83. The fourth-order valence-corrected chi connectivity index (χ4v) is 2.38. The lowest BCUT2D eigenvalue weighted by Gasteiger charge is -2.06. The summed E-state index contributed by atoms with van der Waals surface area (Å²) in [5.74, 6) is -8.45. The number of ether oxygens (including phenoxy) is 1. The summed E-state index contributed by atoms with van der Waals surface area (Å²) < 4.78 is 64.6. The number of hydrogen-bond acceptors (Lipinski definition) is 3. The Hall–Kier alpha value is -2.83. The molecular weight excluding hydrogens is 328 g/mol. The van der Waals surface area contributed by atoms with Crippen LogP contribution in [0.1, 0.15) is 17.3 Å². The summed E-state index contributed by atoms with van der Waals surface area (Å²) >= 11 is 0. The molecular formula is C17H10F4O3. The minimum atomic E-state index is -1.99. The Morgan fingerprint density at radius 3 is 2.50 bits per heavy atom. The third kappa shape index (κ3) is 2.42. The van der Waals surface area contributed by atoms with E-state index in [-0.39, 0.29) is 23.1 Å². The van der Waals surface area contributed by atoms with Gasteiger partial charge in [-0.05, 0) is 19.1 Å². The molecule has 0 aliphatic heterocycles. The highest BCUT2D eigenvalue weighted by Crippen LogP contribution is 2.37. The maximum absolute atomic E-state index is 14.1. The van der Waals surface area contributed by atoms with E-state index in [0.717, 1.165) is 0 Å². The van der Waals surface area contributed by atoms with E-state index in [1.807, 2.05) is 0 Å². The zero-order valence-corrected chi connectivity index (χ0v) is 12.3. The second-order valence-corrected chi connectivity index (χ2v) is 4.87. The smallest absolute Gasteiger partial charge is 0.342 e. The SMILES string of the molecule is CCOC(=O)c1c(-c2cc(F)c(F)c(F)c2F)oc2ccccc12. The van der Waals surface area contributed by atoms with E-state index >= 15 is 0 Å². The average Bonchev–Trinajstić information content (AvgIpc) is 2.95. The van der Waals surface area contributed by atoms with Crippen LogP contribution in [-0.2, 0) is 4.74 Å². The predicted molar refractivity (Wildman–Crippen MR) is 77.4 cm³/mol. The number of para-hydroxylation sites is 1. The van der Waals surface area contributed by atoms with Crippen LogP contribution < -0.4 is 0 Å². The molecule has 1 heterocycles. The topological polar surface area (TPSA) is 39.4 Å². The van der Waals surface area contributed by atoms with Crippen molar-refractivity contribution in [2.24, 2.45) is 0 Å². The van der Waals surface area contributed by atoms with Gasteiger partial charge >= 0.3 is 5.97 Å². The average molecular weight is 338 g/mol. The number of hydrogen-bond donors (Lipinski definition) is 0. The molecule has 3 rings (SSSR count). The van der Waals surface area contributed by atoms with Crippen molar-refractivity contribution in [1.29, 1.82) is 0 Å². The van der Waals surface area contributed by atoms with E-state index in [2.05, 4.69) is 0 Å². The molecule has 0 atom stereocenters. The molecule has 0 saturated carbocycles. The lowest BCUT2D eigenvalue weighted by atomic mass is 10.0. The lowest BCUT2D eigenvalue weighted by molar-refractivity contribution is 0.0528. The fourth-order valence-electron chi connectivity index (χ4n) is 2.38. The van der Waals surface area contributed by atoms with Crippen LogP contribution in [0.25, 0.3) is 22.3 Å². The number of benzene rings is 2. The Morgan fingerprint density at radius 1 is 1.08 bits per heavy atom. The van der Waals surface area contributed by atoms with Crippen LogP contribution in [0.15, 0.2) is 34.7 Å². The Balaban J connectivity index is 2.35. The molecule has 0 spiro atoms. The van der Waals surface area contributed by atoms with Crippen LogP contribution in [0.5, 0.6) is 0 Å². The molecule has 0 aliphatic rings. The second-order valence-electron chi connectivity index (χ2n) is 4.87. The standard InChI is InChI=1S/C17H10F4O3/c1-2-23-17(22)12-8-5-3-4-6-11(8)24-16(12)9-7-10(18)14(20)15(21)13(9)19/h3-7H,2H2,1H3. The first kappa shape index (κ1) is 16.0. The largest absolute Gasteiger partial charge is 0.462 e. The Morgan fingerprint density at radius 2 is 1.79 bits per heavy atom. The molecule has 24 heavy (non-hydrogen) atoms. The van der Waals surface area contributed by atoms with Gasteiger partial charge in [-0.3, -0.25) is 0 Å². The van der Waals surface area contributed by atoms with Crippen molar-refractivity contribution >= 4 is 16.9 Å². The number of carbonyl (C=O) groups is 1. The van der Waals surface area contributed by atoms with Gasteiger partial charge in [-0.25, -0.2) is 22.4 Å². The molecule has 7 heteroatoms. The summed E-state index contributed by atoms with van der Waals surface area (Å²) in [6, 6.07) is 6.66. The minimum Gasteiger partial charge on any atom is -0.462 e. The van der Waals surface area contributed by atoms with Gasteiger partial charge in [-0.2, -0.15) is 0 Å². The van der Waals surface area contributed by atoms with E-state index in [1.54, 1.807) is 19.1 Å².